The molecule has 0 bridgehead atoms. The highest BCUT2D eigenvalue weighted by Gasteiger charge is 2.06. The fraction of sp³-hybridized carbons (Fsp3) is 0.250. The number of carbonyl (C=O) groups excluding carboxylic acids is 2. The summed E-state index contributed by atoms with van der Waals surface area (Å²) in [4.78, 5) is 34.3. The van der Waals surface area contributed by atoms with E-state index in [4.69, 9.17) is 9.84 Å². The van der Waals surface area contributed by atoms with Gasteiger partial charge in [0.15, 0.2) is 6.61 Å². The van der Waals surface area contributed by atoms with Crippen LogP contribution in [0, 0.1) is 0 Å². The molecule has 0 aliphatic heterocycles. The molecule has 2 aromatic rings. The molecule has 0 aliphatic carbocycles. The summed E-state index contributed by atoms with van der Waals surface area (Å²) in [5.74, 6) is -0.893. The zero-order valence-electron chi connectivity index (χ0n) is 14.8. The highest BCUT2D eigenvalue weighted by Crippen LogP contribution is 2.13. The molecule has 0 heterocycles. The predicted octanol–water partition coefficient (Wildman–Crippen LogP) is 1.98. The van der Waals surface area contributed by atoms with Crippen molar-refractivity contribution >= 4 is 17.8 Å². The minimum absolute atomic E-state index is 0.124. The van der Waals surface area contributed by atoms with Crippen LogP contribution in [0.15, 0.2) is 54.6 Å². The van der Waals surface area contributed by atoms with Crippen molar-refractivity contribution in [2.45, 2.75) is 19.4 Å². The molecule has 0 saturated heterocycles. The Hall–Kier alpha value is -3.35. The quantitative estimate of drug-likeness (QED) is 0.555. The lowest BCUT2D eigenvalue weighted by molar-refractivity contribution is -0.139. The Bertz CT molecular complexity index is 777. The molecule has 0 aromatic heterocycles. The monoisotopic (exact) mass is 370 g/mol. The summed E-state index contributed by atoms with van der Waals surface area (Å²) < 4.78 is 5.10. The van der Waals surface area contributed by atoms with Gasteiger partial charge in [-0.25, -0.2) is 4.79 Å². The molecule has 7 nitrogen and oxygen atoms in total. The predicted molar refractivity (Wildman–Crippen MR) is 99.4 cm³/mol. The van der Waals surface area contributed by atoms with Crippen LogP contribution in [0.1, 0.15) is 28.8 Å². The van der Waals surface area contributed by atoms with Gasteiger partial charge in [0.25, 0.3) is 5.91 Å². The van der Waals surface area contributed by atoms with Crippen molar-refractivity contribution < 1.29 is 24.2 Å². The molecule has 0 atom stereocenters. The molecule has 3 N–H and O–H groups in total. The third-order valence-corrected chi connectivity index (χ3v) is 3.65. The number of aliphatic carboxylic acids is 1. The fourth-order valence-electron chi connectivity index (χ4n) is 2.32. The number of carbonyl (C=O) groups is 3. The number of carboxylic acid groups (broad SMARTS) is 1. The average Bonchev–Trinajstić information content (AvgIpc) is 2.69. The van der Waals surface area contributed by atoms with Gasteiger partial charge in [-0.05, 0) is 36.2 Å². The first-order valence-corrected chi connectivity index (χ1v) is 8.58. The van der Waals surface area contributed by atoms with Crippen LogP contribution in [0.25, 0.3) is 0 Å². The molecule has 0 unspecified atom stereocenters. The van der Waals surface area contributed by atoms with E-state index in [9.17, 15) is 14.4 Å². The first-order valence-electron chi connectivity index (χ1n) is 8.58. The van der Waals surface area contributed by atoms with Gasteiger partial charge < -0.3 is 20.5 Å². The molecule has 0 saturated carbocycles. The first kappa shape index (κ1) is 20.0. The Balaban J connectivity index is 1.65. The number of nitrogens with one attached hydrogen (secondary N) is 2. The molecule has 2 amide bonds. The lowest BCUT2D eigenvalue weighted by atomic mass is 10.2. The lowest BCUT2D eigenvalue weighted by Crippen LogP contribution is -2.27. The Labute approximate surface area is 157 Å². The minimum Gasteiger partial charge on any atom is -0.482 e. The van der Waals surface area contributed by atoms with E-state index in [1.165, 1.54) is 0 Å². The van der Waals surface area contributed by atoms with E-state index in [2.05, 4.69) is 10.6 Å². The van der Waals surface area contributed by atoms with Gasteiger partial charge >= 0.3 is 5.97 Å². The highest BCUT2D eigenvalue weighted by molar-refractivity contribution is 5.94. The number of carboxylic acids is 1. The van der Waals surface area contributed by atoms with Gasteiger partial charge in [-0.3, -0.25) is 9.59 Å². The summed E-state index contributed by atoms with van der Waals surface area (Å²) in [5, 5.41) is 14.2. The molecule has 142 valence electrons. The smallest absolute Gasteiger partial charge is 0.341 e. The highest BCUT2D eigenvalue weighted by atomic mass is 16.5. The molecule has 2 aromatic carbocycles. The molecule has 0 radical (unpaired) electrons. The van der Waals surface area contributed by atoms with Crippen molar-refractivity contribution in [1.29, 1.82) is 0 Å². The second-order valence-electron chi connectivity index (χ2n) is 5.83. The van der Waals surface area contributed by atoms with E-state index in [-0.39, 0.29) is 11.8 Å². The average molecular weight is 370 g/mol. The summed E-state index contributed by atoms with van der Waals surface area (Å²) in [6.07, 6.45) is 0.830. The third kappa shape index (κ3) is 7.60. The Kier molecular flexibility index (Phi) is 7.84. The van der Waals surface area contributed by atoms with Crippen molar-refractivity contribution in [2.75, 3.05) is 13.2 Å². The second-order valence-corrected chi connectivity index (χ2v) is 5.83. The van der Waals surface area contributed by atoms with E-state index in [1.807, 2.05) is 12.1 Å². The Morgan fingerprint density at radius 2 is 1.74 bits per heavy atom. The van der Waals surface area contributed by atoms with E-state index in [1.54, 1.807) is 42.5 Å². The zero-order chi connectivity index (χ0) is 19.5. The molecule has 7 heteroatoms. The normalized spacial score (nSPS) is 10.1. The standard InChI is InChI=1S/C20H22N2O5/c23-18(10-5-11-21-20(26)16-7-2-1-3-8-16)22-13-15-6-4-9-17(12-15)27-14-19(24)25/h1-4,6-9,12H,5,10-11,13-14H2,(H,21,26)(H,22,23)(H,24,25). The van der Waals surface area contributed by atoms with Crippen LogP contribution in [0.5, 0.6) is 5.75 Å². The number of hydrogen-bond donors (Lipinski definition) is 3. The lowest BCUT2D eigenvalue weighted by Gasteiger charge is -2.08. The molecule has 2 rings (SSSR count). The maximum Gasteiger partial charge on any atom is 0.341 e. The molecule has 0 aliphatic rings. The topological polar surface area (TPSA) is 105 Å². The number of hydrogen-bond acceptors (Lipinski definition) is 4. The van der Waals surface area contributed by atoms with Crippen molar-refractivity contribution in [3.63, 3.8) is 0 Å². The Morgan fingerprint density at radius 3 is 2.48 bits per heavy atom. The van der Waals surface area contributed by atoms with E-state index in [0.717, 1.165) is 5.56 Å². The van der Waals surface area contributed by atoms with Gasteiger partial charge in [0.2, 0.25) is 5.91 Å². The minimum atomic E-state index is -1.05. The van der Waals surface area contributed by atoms with Crippen molar-refractivity contribution in [3.05, 3.63) is 65.7 Å². The summed E-state index contributed by atoms with van der Waals surface area (Å²) in [7, 11) is 0. The molecular formula is C20H22N2O5. The summed E-state index contributed by atoms with van der Waals surface area (Å²) in [5.41, 5.74) is 1.40. The number of rotatable bonds is 10. The van der Waals surface area contributed by atoms with Gasteiger partial charge in [-0.2, -0.15) is 0 Å². The number of amides is 2. The van der Waals surface area contributed by atoms with Crippen LogP contribution in [0.4, 0.5) is 0 Å². The van der Waals surface area contributed by atoms with Gasteiger partial charge in [0.1, 0.15) is 5.75 Å². The van der Waals surface area contributed by atoms with E-state index in [0.29, 0.717) is 37.2 Å². The molecule has 27 heavy (non-hydrogen) atoms. The molecule has 0 fully saturated rings. The Morgan fingerprint density at radius 1 is 0.963 bits per heavy atom. The number of ether oxygens (including phenoxy) is 1. The van der Waals surface area contributed by atoms with Gasteiger partial charge in [0.05, 0.1) is 0 Å². The van der Waals surface area contributed by atoms with Crippen LogP contribution in [-0.2, 0) is 16.1 Å². The van der Waals surface area contributed by atoms with Gasteiger partial charge in [-0.15, -0.1) is 0 Å². The largest absolute Gasteiger partial charge is 0.482 e. The summed E-state index contributed by atoms with van der Waals surface area (Å²) in [6.45, 7) is 0.323. The van der Waals surface area contributed by atoms with Crippen LogP contribution in [0.3, 0.4) is 0 Å². The van der Waals surface area contributed by atoms with Crippen molar-refractivity contribution in [2.24, 2.45) is 0 Å². The number of benzene rings is 2. The second kappa shape index (κ2) is 10.6. The zero-order valence-corrected chi connectivity index (χ0v) is 14.8. The van der Waals surface area contributed by atoms with Crippen LogP contribution < -0.4 is 15.4 Å². The molecular weight excluding hydrogens is 348 g/mol. The summed E-state index contributed by atoms with van der Waals surface area (Å²) in [6, 6.07) is 15.8. The van der Waals surface area contributed by atoms with Crippen LogP contribution in [0.2, 0.25) is 0 Å². The maximum absolute atomic E-state index is 11.9. The summed E-state index contributed by atoms with van der Waals surface area (Å²) >= 11 is 0. The third-order valence-electron chi connectivity index (χ3n) is 3.65. The van der Waals surface area contributed by atoms with E-state index < -0.39 is 12.6 Å². The first-order chi connectivity index (χ1) is 13.0. The molecule has 0 spiro atoms. The van der Waals surface area contributed by atoms with Gasteiger partial charge in [0, 0.05) is 25.1 Å². The SMILES string of the molecule is O=C(O)COc1cccc(CNC(=O)CCCNC(=O)c2ccccc2)c1. The maximum atomic E-state index is 11.9. The van der Waals surface area contributed by atoms with Crippen molar-refractivity contribution in [3.8, 4) is 5.75 Å². The van der Waals surface area contributed by atoms with Crippen LogP contribution in [-0.4, -0.2) is 36.0 Å². The van der Waals surface area contributed by atoms with Crippen LogP contribution >= 0.6 is 0 Å². The van der Waals surface area contributed by atoms with Crippen molar-refractivity contribution in [1.82, 2.24) is 10.6 Å². The van der Waals surface area contributed by atoms with Gasteiger partial charge in [-0.1, -0.05) is 30.3 Å². The fourth-order valence-corrected chi connectivity index (χ4v) is 2.32. The van der Waals surface area contributed by atoms with E-state index >= 15 is 0 Å².